The average Bonchev–Trinajstić information content (AvgIpc) is 2.95. The first-order chi connectivity index (χ1) is 13.3. The number of hydrogen-bond acceptors (Lipinski definition) is 6. The Balaban J connectivity index is 1.80. The van der Waals surface area contributed by atoms with E-state index in [9.17, 15) is 19.5 Å². The zero-order chi connectivity index (χ0) is 20.2. The van der Waals surface area contributed by atoms with Crippen LogP contribution in [0.25, 0.3) is 0 Å². The van der Waals surface area contributed by atoms with Gasteiger partial charge >= 0.3 is 11.9 Å². The van der Waals surface area contributed by atoms with E-state index < -0.39 is 35.4 Å². The van der Waals surface area contributed by atoms with Gasteiger partial charge in [-0.05, 0) is 18.1 Å². The number of esters is 2. The second-order valence-electron chi connectivity index (χ2n) is 6.87. The van der Waals surface area contributed by atoms with Crippen LogP contribution < -0.4 is 5.32 Å². The van der Waals surface area contributed by atoms with E-state index >= 15 is 0 Å². The highest BCUT2D eigenvalue weighted by Gasteiger charge is 2.67. The van der Waals surface area contributed by atoms with E-state index in [4.69, 9.17) is 9.47 Å². The molecule has 7 heteroatoms. The molecule has 28 heavy (non-hydrogen) atoms. The molecule has 0 aromatic heterocycles. The lowest BCUT2D eigenvalue weighted by Gasteiger charge is -2.34. The minimum Gasteiger partial charge on any atom is -0.459 e. The second kappa shape index (κ2) is 7.82. The fourth-order valence-electron chi connectivity index (χ4n) is 3.12. The van der Waals surface area contributed by atoms with E-state index in [1.165, 1.54) is 6.92 Å². The normalized spacial score (nSPS) is 20.3. The molecular weight excluding hydrogens is 362 g/mol. The van der Waals surface area contributed by atoms with Gasteiger partial charge in [-0.25, -0.2) is 9.59 Å². The van der Waals surface area contributed by atoms with Gasteiger partial charge in [0.1, 0.15) is 18.8 Å². The molecule has 146 valence electrons. The zero-order valence-electron chi connectivity index (χ0n) is 15.4. The Kier molecular flexibility index (Phi) is 5.46. The summed E-state index contributed by atoms with van der Waals surface area (Å²) >= 11 is 0. The van der Waals surface area contributed by atoms with Crippen LogP contribution in [0.5, 0.6) is 0 Å². The van der Waals surface area contributed by atoms with Crippen molar-refractivity contribution in [3.63, 3.8) is 0 Å². The number of carbonyl (C=O) groups is 3. The number of aliphatic hydroxyl groups is 1. The molecule has 1 unspecified atom stereocenters. The molecule has 3 rings (SSSR count). The first-order valence-electron chi connectivity index (χ1n) is 8.81. The summed E-state index contributed by atoms with van der Waals surface area (Å²) in [5.41, 5.74) is -2.92. The highest BCUT2D eigenvalue weighted by Crippen LogP contribution is 2.34. The number of hydrogen-bond donors (Lipinski definition) is 2. The number of benzene rings is 2. The molecule has 0 spiro atoms. The molecular formula is C21H21NO6. The van der Waals surface area contributed by atoms with E-state index in [1.807, 2.05) is 12.1 Å². The standard InChI is InChI=1S/C21H21NO6/c1-20(26)12-17(23)22-21(20,18(24)27-13-15-8-4-2-5-9-15)19(25)28-14-16-10-6-3-7-11-16/h2-11,26H,12-14H2,1H3,(H,22,23). The van der Waals surface area contributed by atoms with Crippen LogP contribution in [0.1, 0.15) is 24.5 Å². The Morgan fingerprint density at radius 3 is 1.71 bits per heavy atom. The number of nitrogens with one attached hydrogen (secondary N) is 1. The fraction of sp³-hybridized carbons (Fsp3) is 0.286. The summed E-state index contributed by atoms with van der Waals surface area (Å²) in [6, 6.07) is 17.7. The van der Waals surface area contributed by atoms with Gasteiger partial charge in [-0.3, -0.25) is 4.79 Å². The van der Waals surface area contributed by atoms with Crippen molar-refractivity contribution in [1.82, 2.24) is 5.32 Å². The molecule has 1 aliphatic heterocycles. The van der Waals surface area contributed by atoms with Gasteiger partial charge in [0.15, 0.2) is 0 Å². The number of carbonyl (C=O) groups excluding carboxylic acids is 3. The van der Waals surface area contributed by atoms with Crippen molar-refractivity contribution in [3.8, 4) is 0 Å². The maximum atomic E-state index is 12.9. The molecule has 0 radical (unpaired) electrons. The molecule has 1 amide bonds. The van der Waals surface area contributed by atoms with Gasteiger partial charge in [0.05, 0.1) is 6.42 Å². The highest BCUT2D eigenvalue weighted by molar-refractivity contribution is 6.12. The predicted molar refractivity (Wildman–Crippen MR) is 98.6 cm³/mol. The Labute approximate surface area is 162 Å². The fourth-order valence-corrected chi connectivity index (χ4v) is 3.12. The van der Waals surface area contributed by atoms with Crippen LogP contribution in [0, 0.1) is 0 Å². The monoisotopic (exact) mass is 383 g/mol. The Bertz CT molecular complexity index is 807. The lowest BCUT2D eigenvalue weighted by molar-refractivity contribution is -0.179. The third-order valence-corrected chi connectivity index (χ3v) is 4.68. The van der Waals surface area contributed by atoms with Gasteiger partial charge in [0.25, 0.3) is 5.54 Å². The lowest BCUT2D eigenvalue weighted by Crippen LogP contribution is -2.67. The summed E-state index contributed by atoms with van der Waals surface area (Å²) in [6.07, 6.45) is -0.423. The predicted octanol–water partition coefficient (Wildman–Crippen LogP) is 1.48. The van der Waals surface area contributed by atoms with Gasteiger partial charge in [-0.1, -0.05) is 60.7 Å². The largest absolute Gasteiger partial charge is 0.459 e. The van der Waals surface area contributed by atoms with E-state index in [0.29, 0.717) is 11.1 Å². The maximum Gasteiger partial charge on any atom is 0.347 e. The van der Waals surface area contributed by atoms with Crippen LogP contribution in [0.2, 0.25) is 0 Å². The molecule has 0 saturated carbocycles. The third-order valence-electron chi connectivity index (χ3n) is 4.68. The zero-order valence-corrected chi connectivity index (χ0v) is 15.4. The van der Waals surface area contributed by atoms with Gasteiger partial charge in [-0.2, -0.15) is 0 Å². The number of ether oxygens (including phenoxy) is 2. The first-order valence-corrected chi connectivity index (χ1v) is 8.81. The molecule has 2 aromatic carbocycles. The summed E-state index contributed by atoms with van der Waals surface area (Å²) in [6.45, 7) is 1.01. The van der Waals surface area contributed by atoms with Crippen molar-refractivity contribution in [3.05, 3.63) is 71.8 Å². The Morgan fingerprint density at radius 2 is 1.36 bits per heavy atom. The minimum atomic E-state index is -2.33. The Morgan fingerprint density at radius 1 is 0.929 bits per heavy atom. The molecule has 0 aliphatic carbocycles. The van der Waals surface area contributed by atoms with Gasteiger partial charge in [-0.15, -0.1) is 0 Å². The summed E-state index contributed by atoms with van der Waals surface area (Å²) in [7, 11) is 0. The molecule has 2 N–H and O–H groups in total. The molecule has 1 heterocycles. The van der Waals surface area contributed by atoms with Gasteiger partial charge < -0.3 is 19.9 Å². The van der Waals surface area contributed by atoms with Crippen molar-refractivity contribution < 1.29 is 29.0 Å². The molecule has 1 aliphatic rings. The van der Waals surface area contributed by atoms with E-state index in [0.717, 1.165) is 0 Å². The molecule has 7 nitrogen and oxygen atoms in total. The summed E-state index contributed by atoms with van der Waals surface area (Å²) in [5, 5.41) is 13.0. The van der Waals surface area contributed by atoms with E-state index in [1.54, 1.807) is 48.5 Å². The average molecular weight is 383 g/mol. The van der Waals surface area contributed by atoms with Crippen LogP contribution in [0.4, 0.5) is 0 Å². The van der Waals surface area contributed by atoms with Crippen LogP contribution in [0.3, 0.4) is 0 Å². The second-order valence-corrected chi connectivity index (χ2v) is 6.87. The third kappa shape index (κ3) is 3.75. The smallest absolute Gasteiger partial charge is 0.347 e. The van der Waals surface area contributed by atoms with Crippen molar-refractivity contribution in [2.24, 2.45) is 0 Å². The van der Waals surface area contributed by atoms with Crippen molar-refractivity contribution in [2.45, 2.75) is 37.7 Å². The SMILES string of the molecule is CC1(O)CC(=O)NC1(C(=O)OCc1ccccc1)C(=O)OCc1ccccc1. The van der Waals surface area contributed by atoms with Crippen molar-refractivity contribution in [1.29, 1.82) is 0 Å². The molecule has 1 saturated heterocycles. The molecule has 2 aromatic rings. The van der Waals surface area contributed by atoms with Gasteiger partial charge in [0, 0.05) is 0 Å². The lowest BCUT2D eigenvalue weighted by atomic mass is 9.82. The van der Waals surface area contributed by atoms with Crippen molar-refractivity contribution in [2.75, 3.05) is 0 Å². The van der Waals surface area contributed by atoms with Crippen LogP contribution in [-0.4, -0.2) is 34.1 Å². The van der Waals surface area contributed by atoms with Crippen LogP contribution in [-0.2, 0) is 37.1 Å². The maximum absolute atomic E-state index is 12.9. The summed E-state index contributed by atoms with van der Waals surface area (Å²) < 4.78 is 10.5. The molecule has 0 bridgehead atoms. The molecule has 1 fully saturated rings. The van der Waals surface area contributed by atoms with Gasteiger partial charge in [0.2, 0.25) is 5.91 Å². The van der Waals surface area contributed by atoms with Crippen LogP contribution >= 0.6 is 0 Å². The molecule has 1 atom stereocenters. The minimum absolute atomic E-state index is 0.112. The van der Waals surface area contributed by atoms with Crippen LogP contribution in [0.15, 0.2) is 60.7 Å². The van der Waals surface area contributed by atoms with Crippen molar-refractivity contribution >= 4 is 17.8 Å². The van der Waals surface area contributed by atoms with E-state index in [2.05, 4.69) is 5.32 Å². The van der Waals surface area contributed by atoms with E-state index in [-0.39, 0.29) is 13.2 Å². The Hall–Kier alpha value is -3.19. The highest BCUT2D eigenvalue weighted by atomic mass is 16.6. The summed E-state index contributed by atoms with van der Waals surface area (Å²) in [4.78, 5) is 37.7. The first kappa shape index (κ1) is 19.6. The number of amides is 1. The topological polar surface area (TPSA) is 102 Å². The quantitative estimate of drug-likeness (QED) is 0.579. The number of rotatable bonds is 6. The summed E-state index contributed by atoms with van der Waals surface area (Å²) in [5.74, 6) is -2.77.